The van der Waals surface area contributed by atoms with Gasteiger partial charge >= 0.3 is 0 Å². The summed E-state index contributed by atoms with van der Waals surface area (Å²) in [5, 5.41) is 5.14. The molecule has 2 rings (SSSR count). The molecule has 0 radical (unpaired) electrons. The quantitative estimate of drug-likeness (QED) is 0.738. The molecule has 1 aliphatic rings. The maximum atomic E-state index is 5.89. The highest BCUT2D eigenvalue weighted by molar-refractivity contribution is 8.13. The normalized spacial score (nSPS) is 21.6. The fourth-order valence-corrected chi connectivity index (χ4v) is 3.15. The van der Waals surface area contributed by atoms with Crippen molar-refractivity contribution < 1.29 is 9.57 Å². The van der Waals surface area contributed by atoms with E-state index in [1.807, 2.05) is 19.9 Å². The molecule has 0 fully saturated rings. The van der Waals surface area contributed by atoms with Gasteiger partial charge in [-0.05, 0) is 25.0 Å². The van der Waals surface area contributed by atoms with E-state index >= 15 is 0 Å². The molecular formula is C15H20ClNO2S. The van der Waals surface area contributed by atoms with E-state index in [1.165, 1.54) is 11.1 Å². The Morgan fingerprint density at radius 3 is 2.80 bits per heavy atom. The van der Waals surface area contributed by atoms with Crippen LogP contribution in [0.1, 0.15) is 31.4 Å². The van der Waals surface area contributed by atoms with Crippen molar-refractivity contribution in [2.24, 2.45) is 5.16 Å². The Morgan fingerprint density at radius 2 is 2.15 bits per heavy atom. The molecule has 3 nitrogen and oxygen atoms in total. The van der Waals surface area contributed by atoms with E-state index in [4.69, 9.17) is 21.2 Å². The number of hydrogen-bond acceptors (Lipinski definition) is 4. The average Bonchev–Trinajstić information content (AvgIpc) is 2.86. The molecule has 0 saturated heterocycles. The maximum absolute atomic E-state index is 5.89. The second kappa shape index (κ2) is 7.34. The van der Waals surface area contributed by atoms with Crippen molar-refractivity contribution in [3.63, 3.8) is 0 Å². The van der Waals surface area contributed by atoms with Gasteiger partial charge in [0.15, 0.2) is 5.60 Å². The lowest BCUT2D eigenvalue weighted by Crippen LogP contribution is -2.26. The molecule has 1 aliphatic heterocycles. The number of ether oxygens (including phenoxy) is 1. The summed E-state index contributed by atoms with van der Waals surface area (Å²) in [7, 11) is 0. The van der Waals surface area contributed by atoms with Crippen molar-refractivity contribution in [1.29, 1.82) is 0 Å². The van der Waals surface area contributed by atoms with Crippen LogP contribution in [-0.4, -0.2) is 23.1 Å². The number of alkyl halides is 1. The average molecular weight is 314 g/mol. The molecule has 1 unspecified atom stereocenters. The number of nitrogens with zero attached hydrogens (tertiary/aromatic N) is 1. The van der Waals surface area contributed by atoms with Crippen LogP contribution in [0.15, 0.2) is 29.4 Å². The molecule has 110 valence electrons. The molecule has 1 aromatic rings. The molecular weight excluding hydrogens is 294 g/mol. The third-order valence-electron chi connectivity index (χ3n) is 3.15. The molecule has 0 saturated carbocycles. The third-order valence-corrected chi connectivity index (χ3v) is 4.72. The second-order valence-corrected chi connectivity index (χ2v) is 6.35. The topological polar surface area (TPSA) is 30.8 Å². The maximum Gasteiger partial charge on any atom is 0.154 e. The van der Waals surface area contributed by atoms with Crippen LogP contribution in [0.25, 0.3) is 0 Å². The molecule has 0 N–H and O–H groups in total. The Bertz CT molecular complexity index is 481. The lowest BCUT2D eigenvalue weighted by Gasteiger charge is -2.16. The Labute approximate surface area is 129 Å². The fraction of sp³-hybridized carbons (Fsp3) is 0.533. The summed E-state index contributed by atoms with van der Waals surface area (Å²) in [6.07, 6.45) is 0.787. The van der Waals surface area contributed by atoms with Crippen LogP contribution in [0.3, 0.4) is 0 Å². The largest absolute Gasteiger partial charge is 0.387 e. The van der Waals surface area contributed by atoms with Gasteiger partial charge in [0.25, 0.3) is 0 Å². The van der Waals surface area contributed by atoms with Crippen molar-refractivity contribution in [1.82, 2.24) is 0 Å². The summed E-state index contributed by atoms with van der Waals surface area (Å²) in [5.74, 6) is 1.34. The Balaban J connectivity index is 1.91. The number of oxime groups is 1. The van der Waals surface area contributed by atoms with Crippen molar-refractivity contribution in [2.75, 3.05) is 12.5 Å². The molecule has 20 heavy (non-hydrogen) atoms. The zero-order valence-corrected chi connectivity index (χ0v) is 13.5. The minimum Gasteiger partial charge on any atom is -0.387 e. The summed E-state index contributed by atoms with van der Waals surface area (Å²) in [4.78, 5) is 5.40. The Morgan fingerprint density at radius 1 is 1.40 bits per heavy atom. The third kappa shape index (κ3) is 4.14. The van der Waals surface area contributed by atoms with E-state index in [9.17, 15) is 0 Å². The molecule has 0 amide bonds. The summed E-state index contributed by atoms with van der Waals surface area (Å²) < 4.78 is 5.50. The molecule has 0 spiro atoms. The van der Waals surface area contributed by atoms with Gasteiger partial charge in [0, 0.05) is 18.8 Å². The summed E-state index contributed by atoms with van der Waals surface area (Å²) in [6, 6.07) is 8.35. The second-order valence-electron chi connectivity index (χ2n) is 5.03. The number of hydrogen-bond donors (Lipinski definition) is 0. The smallest absolute Gasteiger partial charge is 0.154 e. The van der Waals surface area contributed by atoms with Crippen LogP contribution >= 0.6 is 23.4 Å². The monoisotopic (exact) mass is 313 g/mol. The minimum absolute atomic E-state index is 0.339. The lowest BCUT2D eigenvalue weighted by molar-refractivity contribution is 0.0152. The molecule has 1 heterocycles. The van der Waals surface area contributed by atoms with Crippen molar-refractivity contribution in [3.8, 4) is 0 Å². The van der Waals surface area contributed by atoms with Gasteiger partial charge in [-0.2, -0.15) is 0 Å². The first-order chi connectivity index (χ1) is 9.67. The molecule has 0 bridgehead atoms. The first-order valence-corrected chi connectivity index (χ1v) is 8.27. The zero-order chi connectivity index (χ0) is 14.4. The zero-order valence-electron chi connectivity index (χ0n) is 11.9. The first-order valence-electron chi connectivity index (χ1n) is 6.75. The van der Waals surface area contributed by atoms with Crippen LogP contribution in [0, 0.1) is 0 Å². The predicted molar refractivity (Wildman–Crippen MR) is 85.3 cm³/mol. The van der Waals surface area contributed by atoms with Gasteiger partial charge in [-0.1, -0.05) is 29.4 Å². The van der Waals surface area contributed by atoms with Gasteiger partial charge < -0.3 is 9.57 Å². The highest BCUT2D eigenvalue weighted by Crippen LogP contribution is 2.31. The van der Waals surface area contributed by atoms with Crippen LogP contribution in [-0.2, 0) is 21.9 Å². The van der Waals surface area contributed by atoms with E-state index in [0.29, 0.717) is 12.5 Å². The summed E-state index contributed by atoms with van der Waals surface area (Å²) >= 11 is 7.60. The van der Waals surface area contributed by atoms with E-state index < -0.39 is 0 Å². The standard InChI is InChI=1S/C15H20ClNO2S/c1-3-18-9-12-6-4-5-7-13(12)10-20-14-8-15(2,11-16)19-17-14/h4-7H,3,8-11H2,1-2H3. The summed E-state index contributed by atoms with van der Waals surface area (Å²) in [5.41, 5.74) is 2.18. The van der Waals surface area contributed by atoms with Crippen LogP contribution in [0.4, 0.5) is 0 Å². The summed E-state index contributed by atoms with van der Waals surface area (Å²) in [6.45, 7) is 5.39. The highest BCUT2D eigenvalue weighted by atomic mass is 35.5. The minimum atomic E-state index is -0.339. The lowest BCUT2D eigenvalue weighted by atomic mass is 10.1. The molecule has 0 aliphatic carbocycles. The van der Waals surface area contributed by atoms with Crippen molar-refractivity contribution >= 4 is 28.4 Å². The van der Waals surface area contributed by atoms with Crippen LogP contribution < -0.4 is 0 Å². The van der Waals surface area contributed by atoms with Gasteiger partial charge in [0.05, 0.1) is 12.5 Å². The highest BCUT2D eigenvalue weighted by Gasteiger charge is 2.33. The van der Waals surface area contributed by atoms with E-state index in [-0.39, 0.29) is 5.60 Å². The van der Waals surface area contributed by atoms with Gasteiger partial charge in [-0.15, -0.1) is 23.4 Å². The van der Waals surface area contributed by atoms with E-state index in [0.717, 1.165) is 23.8 Å². The van der Waals surface area contributed by atoms with E-state index in [2.05, 4.69) is 23.4 Å². The Hall–Kier alpha value is -0.710. The first kappa shape index (κ1) is 15.7. The number of halogens is 1. The van der Waals surface area contributed by atoms with Gasteiger partial charge in [-0.25, -0.2) is 0 Å². The number of thioether (sulfide) groups is 1. The molecule has 0 aromatic heterocycles. The van der Waals surface area contributed by atoms with Crippen LogP contribution in [0.2, 0.25) is 0 Å². The molecule has 1 atom stereocenters. The molecule has 1 aromatic carbocycles. The predicted octanol–water partition coefficient (Wildman–Crippen LogP) is 4.19. The number of rotatable bonds is 6. The van der Waals surface area contributed by atoms with Gasteiger partial charge in [-0.3, -0.25) is 0 Å². The van der Waals surface area contributed by atoms with E-state index in [1.54, 1.807) is 11.8 Å². The van der Waals surface area contributed by atoms with Gasteiger partial charge in [0.2, 0.25) is 0 Å². The van der Waals surface area contributed by atoms with Crippen LogP contribution in [0.5, 0.6) is 0 Å². The number of benzene rings is 1. The van der Waals surface area contributed by atoms with Gasteiger partial charge in [0.1, 0.15) is 5.04 Å². The van der Waals surface area contributed by atoms with Crippen molar-refractivity contribution in [2.45, 2.75) is 38.2 Å². The SMILES string of the molecule is CCOCc1ccccc1CSC1=NOC(C)(CCl)C1. The Kier molecular flexibility index (Phi) is 5.75. The van der Waals surface area contributed by atoms with Crippen molar-refractivity contribution in [3.05, 3.63) is 35.4 Å². The molecule has 5 heteroatoms. The fourth-order valence-electron chi connectivity index (χ4n) is 1.91.